The molecule has 4 saturated heterocycles. The van der Waals surface area contributed by atoms with E-state index in [2.05, 4.69) is 20.9 Å². The molecular weight excluding hydrogens is 372 g/mol. The van der Waals surface area contributed by atoms with Gasteiger partial charge in [0.05, 0.1) is 13.2 Å². The third kappa shape index (κ3) is 2.90. The molecule has 4 aliphatic heterocycles. The van der Waals surface area contributed by atoms with E-state index in [-0.39, 0.29) is 29.6 Å². The largest absolute Gasteiger partial charge is 0.496 e. The van der Waals surface area contributed by atoms with Crippen LogP contribution in [-0.4, -0.2) is 64.5 Å². The number of methoxy groups -OCH3 is 1. The molecule has 1 aromatic heterocycles. The predicted octanol–water partition coefficient (Wildman–Crippen LogP) is 0.774. The molecule has 0 radical (unpaired) electrons. The summed E-state index contributed by atoms with van der Waals surface area (Å²) in [5, 5.41) is 0. The number of nitrogens with one attached hydrogen (secondary N) is 2. The molecule has 8 heteroatoms. The SMILES string of the molecule is COc1ccccc1[C@@H]1CN(C(=O)c2cc(=O)[nH]c(=O)[nH]2)[C@H]2C3CCN(CC3)[C@@H]12. The Bertz CT molecular complexity index is 1020. The van der Waals surface area contributed by atoms with Crippen LogP contribution in [0.2, 0.25) is 0 Å². The molecule has 8 nitrogen and oxygen atoms in total. The van der Waals surface area contributed by atoms with Crippen LogP contribution in [0, 0.1) is 5.92 Å². The van der Waals surface area contributed by atoms with Crippen LogP contribution in [0.1, 0.15) is 34.8 Å². The number of amides is 1. The zero-order chi connectivity index (χ0) is 20.1. The number of ether oxygens (including phenoxy) is 1. The highest BCUT2D eigenvalue weighted by molar-refractivity contribution is 5.92. The van der Waals surface area contributed by atoms with E-state index in [1.807, 2.05) is 23.1 Å². The third-order valence-electron chi connectivity index (χ3n) is 6.78. The smallest absolute Gasteiger partial charge is 0.326 e. The second kappa shape index (κ2) is 6.88. The van der Waals surface area contributed by atoms with Gasteiger partial charge in [-0.25, -0.2) is 4.79 Å². The molecule has 4 fully saturated rings. The molecule has 4 aliphatic rings. The van der Waals surface area contributed by atoms with E-state index >= 15 is 0 Å². The number of piperidine rings is 3. The number of H-pyrrole nitrogens is 2. The monoisotopic (exact) mass is 396 g/mol. The van der Waals surface area contributed by atoms with Crippen LogP contribution in [0.15, 0.2) is 39.9 Å². The van der Waals surface area contributed by atoms with Gasteiger partial charge in [0, 0.05) is 30.1 Å². The summed E-state index contributed by atoms with van der Waals surface area (Å²) in [4.78, 5) is 45.8. The molecule has 29 heavy (non-hydrogen) atoms. The average Bonchev–Trinajstić information content (AvgIpc) is 3.16. The fourth-order valence-electron chi connectivity index (χ4n) is 5.64. The van der Waals surface area contributed by atoms with E-state index < -0.39 is 11.2 Å². The second-order valence-corrected chi connectivity index (χ2v) is 8.16. The van der Waals surface area contributed by atoms with Gasteiger partial charge < -0.3 is 14.6 Å². The lowest BCUT2D eigenvalue weighted by atomic mass is 9.75. The minimum atomic E-state index is -0.660. The Morgan fingerprint density at radius 3 is 2.59 bits per heavy atom. The van der Waals surface area contributed by atoms with Gasteiger partial charge in [0.25, 0.3) is 11.5 Å². The molecule has 0 aliphatic carbocycles. The molecule has 0 unspecified atom stereocenters. The van der Waals surface area contributed by atoms with Crippen molar-refractivity contribution < 1.29 is 9.53 Å². The van der Waals surface area contributed by atoms with Crippen LogP contribution in [0.3, 0.4) is 0 Å². The maximum atomic E-state index is 13.4. The van der Waals surface area contributed by atoms with Crippen LogP contribution in [0.25, 0.3) is 0 Å². The van der Waals surface area contributed by atoms with Crippen molar-refractivity contribution in [3.8, 4) is 5.75 Å². The molecule has 0 spiro atoms. The van der Waals surface area contributed by atoms with Crippen LogP contribution < -0.4 is 16.0 Å². The Balaban J connectivity index is 1.57. The summed E-state index contributed by atoms with van der Waals surface area (Å²) >= 11 is 0. The van der Waals surface area contributed by atoms with Crippen molar-refractivity contribution in [2.24, 2.45) is 5.92 Å². The lowest BCUT2D eigenvalue weighted by Gasteiger charge is -2.51. The number of rotatable bonds is 3. The van der Waals surface area contributed by atoms with Crippen LogP contribution >= 0.6 is 0 Å². The van der Waals surface area contributed by atoms with E-state index in [1.165, 1.54) is 6.07 Å². The van der Waals surface area contributed by atoms with Crippen molar-refractivity contribution in [3.63, 3.8) is 0 Å². The summed E-state index contributed by atoms with van der Waals surface area (Å²) < 4.78 is 5.61. The van der Waals surface area contributed by atoms with Gasteiger partial charge in [0.2, 0.25) is 0 Å². The highest BCUT2D eigenvalue weighted by Crippen LogP contribution is 2.48. The van der Waals surface area contributed by atoms with Gasteiger partial charge in [-0.1, -0.05) is 18.2 Å². The van der Waals surface area contributed by atoms with E-state index in [0.717, 1.165) is 37.2 Å². The first kappa shape index (κ1) is 18.2. The molecule has 5 heterocycles. The molecule has 3 atom stereocenters. The normalized spacial score (nSPS) is 30.2. The number of hydrogen-bond donors (Lipinski definition) is 2. The first-order chi connectivity index (χ1) is 14.1. The maximum Gasteiger partial charge on any atom is 0.326 e. The molecular formula is C21H24N4O4. The minimum absolute atomic E-state index is 0.0506. The summed E-state index contributed by atoms with van der Waals surface area (Å²) in [5.41, 5.74) is -0.0725. The van der Waals surface area contributed by atoms with Gasteiger partial charge in [-0.2, -0.15) is 0 Å². The molecule has 152 valence electrons. The molecule has 2 aromatic rings. The van der Waals surface area contributed by atoms with Gasteiger partial charge in [0.15, 0.2) is 0 Å². The second-order valence-electron chi connectivity index (χ2n) is 8.16. The van der Waals surface area contributed by atoms with Crippen molar-refractivity contribution in [3.05, 3.63) is 62.4 Å². The number of benzene rings is 1. The molecule has 2 bridgehead atoms. The number of carbonyl (C=O) groups is 1. The average molecular weight is 396 g/mol. The van der Waals surface area contributed by atoms with E-state index in [9.17, 15) is 14.4 Å². The van der Waals surface area contributed by atoms with Crippen LogP contribution in [0.5, 0.6) is 5.75 Å². The van der Waals surface area contributed by atoms with Gasteiger partial charge in [-0.05, 0) is 37.9 Å². The summed E-state index contributed by atoms with van der Waals surface area (Å²) in [7, 11) is 1.67. The van der Waals surface area contributed by atoms with E-state index in [0.29, 0.717) is 12.5 Å². The highest BCUT2D eigenvalue weighted by Gasteiger charge is 2.55. The fourth-order valence-corrected chi connectivity index (χ4v) is 5.64. The van der Waals surface area contributed by atoms with E-state index in [4.69, 9.17) is 4.74 Å². The van der Waals surface area contributed by atoms with Crippen molar-refractivity contribution >= 4 is 5.91 Å². The predicted molar refractivity (Wildman–Crippen MR) is 106 cm³/mol. The zero-order valence-electron chi connectivity index (χ0n) is 16.3. The summed E-state index contributed by atoms with van der Waals surface area (Å²) in [6.45, 7) is 2.62. The molecule has 1 aromatic carbocycles. The Morgan fingerprint density at radius 1 is 1.10 bits per heavy atom. The number of nitrogens with zero attached hydrogens (tertiary/aromatic N) is 2. The van der Waals surface area contributed by atoms with Gasteiger partial charge >= 0.3 is 5.69 Å². The molecule has 6 rings (SSSR count). The third-order valence-corrected chi connectivity index (χ3v) is 6.78. The number of para-hydroxylation sites is 1. The first-order valence-electron chi connectivity index (χ1n) is 10.1. The fraction of sp³-hybridized carbons (Fsp3) is 0.476. The number of fused-ring (bicyclic) bond motifs is 2. The number of likely N-dealkylation sites (tertiary alicyclic amines) is 1. The molecule has 1 amide bonds. The summed E-state index contributed by atoms with van der Waals surface area (Å²) in [5.74, 6) is 1.10. The van der Waals surface area contributed by atoms with Crippen LogP contribution in [-0.2, 0) is 0 Å². The van der Waals surface area contributed by atoms with Gasteiger partial charge in [-0.3, -0.25) is 19.5 Å². The minimum Gasteiger partial charge on any atom is -0.496 e. The van der Waals surface area contributed by atoms with Crippen molar-refractivity contribution in [1.29, 1.82) is 0 Å². The van der Waals surface area contributed by atoms with Gasteiger partial charge in [0.1, 0.15) is 11.4 Å². The number of hydrogen-bond acceptors (Lipinski definition) is 5. The lowest BCUT2D eigenvalue weighted by molar-refractivity contribution is -0.00369. The van der Waals surface area contributed by atoms with E-state index in [1.54, 1.807) is 7.11 Å². The zero-order valence-corrected chi connectivity index (χ0v) is 16.3. The first-order valence-corrected chi connectivity index (χ1v) is 10.1. The Morgan fingerprint density at radius 2 is 1.86 bits per heavy atom. The Kier molecular flexibility index (Phi) is 4.31. The van der Waals surface area contributed by atoms with Crippen molar-refractivity contribution in [1.82, 2.24) is 19.8 Å². The lowest BCUT2D eigenvalue weighted by Crippen LogP contribution is -2.60. The Labute approximate surface area is 167 Å². The highest BCUT2D eigenvalue weighted by atomic mass is 16.5. The maximum absolute atomic E-state index is 13.4. The van der Waals surface area contributed by atoms with Crippen molar-refractivity contribution in [2.45, 2.75) is 30.8 Å². The summed E-state index contributed by atoms with van der Waals surface area (Å²) in [6, 6.07) is 9.45. The van der Waals surface area contributed by atoms with Gasteiger partial charge in [-0.15, -0.1) is 0 Å². The number of carbonyl (C=O) groups excluding carboxylic acids is 1. The number of aromatic nitrogens is 2. The quantitative estimate of drug-likeness (QED) is 0.799. The molecule has 0 saturated carbocycles. The van der Waals surface area contributed by atoms with Crippen LogP contribution in [0.4, 0.5) is 0 Å². The summed E-state index contributed by atoms with van der Waals surface area (Å²) in [6.07, 6.45) is 2.13. The molecule has 2 N–H and O–H groups in total. The standard InChI is InChI=1S/C21H24N4O4/c1-29-16-5-3-2-4-13(16)14-11-25(18-12-6-8-24(9-7-12)19(14)18)20(27)15-10-17(26)23-21(28)22-15/h2-5,10,12,14,18-19H,6-9,11H2,1H3,(H2,22,23,26,28)/t14-,18-,19-/m0/s1. The Hall–Kier alpha value is -2.87. The number of aromatic amines is 2. The van der Waals surface area contributed by atoms with Crippen molar-refractivity contribution in [2.75, 3.05) is 26.7 Å². The topological polar surface area (TPSA) is 98.5 Å².